The number of thiophene rings is 1. The fraction of sp³-hybridized carbons (Fsp3) is 0.0800. The van der Waals surface area contributed by atoms with Crippen molar-refractivity contribution in [3.05, 3.63) is 94.4 Å². The first-order valence-corrected chi connectivity index (χ1v) is 10.3. The molecule has 3 aromatic carbocycles. The van der Waals surface area contributed by atoms with Crippen molar-refractivity contribution in [2.45, 2.75) is 0 Å². The van der Waals surface area contributed by atoms with Gasteiger partial charge >= 0.3 is 0 Å². The van der Waals surface area contributed by atoms with Gasteiger partial charge in [0.25, 0.3) is 0 Å². The number of nitrogens with zero attached hydrogens (tertiary/aromatic N) is 1. The van der Waals surface area contributed by atoms with E-state index in [4.69, 9.17) is 14.7 Å². The van der Waals surface area contributed by atoms with Gasteiger partial charge in [-0.3, -0.25) is 9.59 Å². The molecule has 152 valence electrons. The fourth-order valence-corrected chi connectivity index (χ4v) is 4.27. The van der Waals surface area contributed by atoms with Crippen LogP contribution in [0.5, 0.6) is 11.5 Å². The molecule has 0 saturated carbocycles. The lowest BCUT2D eigenvalue weighted by atomic mass is 10.1. The van der Waals surface area contributed by atoms with Crippen molar-refractivity contribution in [2.24, 2.45) is 0 Å². The van der Waals surface area contributed by atoms with E-state index in [1.54, 1.807) is 55.6 Å². The number of methoxy groups -OCH3 is 1. The number of hydrogen-bond acceptors (Lipinski definition) is 6. The molecule has 6 heteroatoms. The number of fused-ring (bicyclic) bond motifs is 1. The quantitative estimate of drug-likeness (QED) is 0.375. The van der Waals surface area contributed by atoms with Gasteiger partial charge in [-0.05, 0) is 48.5 Å². The van der Waals surface area contributed by atoms with E-state index in [1.165, 1.54) is 11.3 Å². The molecule has 0 aliphatic rings. The smallest absolute Gasteiger partial charge is 0.206 e. The number of hydrogen-bond donors (Lipinski definition) is 0. The maximum Gasteiger partial charge on any atom is 0.206 e. The van der Waals surface area contributed by atoms with Crippen LogP contribution in [0.2, 0.25) is 0 Å². The summed E-state index contributed by atoms with van der Waals surface area (Å²) in [6, 6.07) is 22.9. The summed E-state index contributed by atoms with van der Waals surface area (Å²) in [6.07, 6.45) is 0. The number of carbonyl (C=O) groups excluding carboxylic acids is 2. The van der Waals surface area contributed by atoms with Gasteiger partial charge in [0.05, 0.1) is 18.7 Å². The van der Waals surface area contributed by atoms with Crippen LogP contribution < -0.4 is 9.47 Å². The van der Waals surface area contributed by atoms with E-state index in [2.05, 4.69) is 0 Å². The molecular weight excluding hydrogens is 410 g/mol. The molecule has 0 amide bonds. The van der Waals surface area contributed by atoms with Crippen molar-refractivity contribution >= 4 is 33.0 Å². The summed E-state index contributed by atoms with van der Waals surface area (Å²) in [6.45, 7) is -0.207. The Kier molecular flexibility index (Phi) is 5.78. The molecule has 0 saturated heterocycles. The van der Waals surface area contributed by atoms with E-state index in [-0.39, 0.29) is 18.2 Å². The second kappa shape index (κ2) is 8.82. The van der Waals surface area contributed by atoms with Gasteiger partial charge in [-0.25, -0.2) is 0 Å². The molecule has 0 aliphatic carbocycles. The first kappa shape index (κ1) is 20.3. The lowest BCUT2D eigenvalue weighted by molar-refractivity contribution is 0.0917. The molecule has 0 unspecified atom stereocenters. The second-order valence-electron chi connectivity index (χ2n) is 6.72. The molecule has 1 heterocycles. The van der Waals surface area contributed by atoms with E-state index in [1.807, 2.05) is 30.3 Å². The SMILES string of the molecule is COc1cccc(C(=O)COc2c(C(=O)c3ccc(C#N)cc3)sc3ccccc23)c1. The second-order valence-corrected chi connectivity index (χ2v) is 7.77. The van der Waals surface area contributed by atoms with Gasteiger partial charge in [0.2, 0.25) is 5.78 Å². The largest absolute Gasteiger partial charge is 0.497 e. The van der Waals surface area contributed by atoms with Crippen molar-refractivity contribution < 1.29 is 19.1 Å². The number of ketones is 2. The van der Waals surface area contributed by atoms with Gasteiger partial charge in [0.1, 0.15) is 16.4 Å². The Morgan fingerprint density at radius 1 is 0.968 bits per heavy atom. The molecule has 5 nitrogen and oxygen atoms in total. The van der Waals surface area contributed by atoms with E-state index < -0.39 is 0 Å². The normalized spacial score (nSPS) is 10.5. The average molecular weight is 427 g/mol. The molecule has 4 aromatic rings. The zero-order valence-corrected chi connectivity index (χ0v) is 17.4. The van der Waals surface area contributed by atoms with Crippen LogP contribution in [-0.2, 0) is 0 Å². The van der Waals surface area contributed by atoms with Gasteiger partial charge in [0, 0.05) is 21.2 Å². The Morgan fingerprint density at radius 2 is 1.74 bits per heavy atom. The summed E-state index contributed by atoms with van der Waals surface area (Å²) in [5.41, 5.74) is 1.40. The van der Waals surface area contributed by atoms with Crippen molar-refractivity contribution in [3.8, 4) is 17.6 Å². The highest BCUT2D eigenvalue weighted by atomic mass is 32.1. The number of carbonyl (C=O) groups is 2. The Balaban J connectivity index is 1.65. The van der Waals surface area contributed by atoms with Crippen LogP contribution in [0, 0.1) is 11.3 Å². The molecule has 0 radical (unpaired) electrons. The van der Waals surface area contributed by atoms with Crippen LogP contribution >= 0.6 is 11.3 Å². The van der Waals surface area contributed by atoms with E-state index in [9.17, 15) is 9.59 Å². The van der Waals surface area contributed by atoms with Gasteiger partial charge in [-0.15, -0.1) is 11.3 Å². The molecule has 0 aliphatic heterocycles. The highest BCUT2D eigenvalue weighted by molar-refractivity contribution is 7.21. The van der Waals surface area contributed by atoms with Crippen LogP contribution in [0.15, 0.2) is 72.8 Å². The topological polar surface area (TPSA) is 76.4 Å². The van der Waals surface area contributed by atoms with Gasteiger partial charge < -0.3 is 9.47 Å². The first-order valence-electron chi connectivity index (χ1n) is 9.47. The summed E-state index contributed by atoms with van der Waals surface area (Å²) in [7, 11) is 1.54. The third-order valence-corrected chi connectivity index (χ3v) is 5.92. The maximum absolute atomic E-state index is 13.2. The maximum atomic E-state index is 13.2. The lowest BCUT2D eigenvalue weighted by Crippen LogP contribution is -2.13. The highest BCUT2D eigenvalue weighted by Gasteiger charge is 2.22. The van der Waals surface area contributed by atoms with Crippen molar-refractivity contribution in [3.63, 3.8) is 0 Å². The molecule has 0 fully saturated rings. The van der Waals surface area contributed by atoms with E-state index >= 15 is 0 Å². The Labute approximate surface area is 183 Å². The van der Waals surface area contributed by atoms with Crippen LogP contribution in [-0.4, -0.2) is 25.3 Å². The molecule has 0 bridgehead atoms. The standard InChI is InChI=1S/C25H17NO4S/c1-29-19-6-4-5-18(13-19)21(27)15-30-24-20-7-2-3-8-22(20)31-25(24)23(28)17-11-9-16(14-26)10-12-17/h2-13H,15H2,1H3. The average Bonchev–Trinajstić information content (AvgIpc) is 3.20. The predicted octanol–water partition coefficient (Wildman–Crippen LogP) is 5.27. The third-order valence-electron chi connectivity index (χ3n) is 4.77. The number of ether oxygens (including phenoxy) is 2. The monoisotopic (exact) mass is 427 g/mol. The summed E-state index contributed by atoms with van der Waals surface area (Å²) in [4.78, 5) is 26.3. The Bertz CT molecular complexity index is 1320. The van der Waals surface area contributed by atoms with E-state index in [0.717, 1.165) is 10.1 Å². The highest BCUT2D eigenvalue weighted by Crippen LogP contribution is 2.39. The molecule has 0 N–H and O–H groups in total. The van der Waals surface area contributed by atoms with Crippen LogP contribution in [0.4, 0.5) is 0 Å². The summed E-state index contributed by atoms with van der Waals surface area (Å²) in [5.74, 6) is 0.551. The predicted molar refractivity (Wildman–Crippen MR) is 119 cm³/mol. The molecule has 0 atom stereocenters. The molecular formula is C25H17NO4S. The van der Waals surface area contributed by atoms with Gasteiger partial charge in [-0.1, -0.05) is 24.3 Å². The van der Waals surface area contributed by atoms with Crippen molar-refractivity contribution in [2.75, 3.05) is 13.7 Å². The van der Waals surface area contributed by atoms with Gasteiger partial charge in [0.15, 0.2) is 12.4 Å². The summed E-state index contributed by atoms with van der Waals surface area (Å²) in [5, 5.41) is 9.76. The first-order chi connectivity index (χ1) is 15.1. The zero-order valence-electron chi connectivity index (χ0n) is 16.6. The molecule has 31 heavy (non-hydrogen) atoms. The van der Waals surface area contributed by atoms with Gasteiger partial charge in [-0.2, -0.15) is 5.26 Å². The van der Waals surface area contributed by atoms with Crippen LogP contribution in [0.3, 0.4) is 0 Å². The lowest BCUT2D eigenvalue weighted by Gasteiger charge is -2.08. The number of benzene rings is 3. The fourth-order valence-electron chi connectivity index (χ4n) is 3.16. The Morgan fingerprint density at radius 3 is 2.48 bits per heavy atom. The number of Topliss-reactive ketones (excluding diaryl/α,β-unsaturated/α-hetero) is 1. The molecule has 4 rings (SSSR count). The third kappa shape index (κ3) is 4.18. The minimum Gasteiger partial charge on any atom is -0.497 e. The minimum atomic E-state index is -0.217. The number of nitriles is 1. The van der Waals surface area contributed by atoms with E-state index in [0.29, 0.717) is 33.1 Å². The summed E-state index contributed by atoms with van der Waals surface area (Å²) >= 11 is 1.32. The summed E-state index contributed by atoms with van der Waals surface area (Å²) < 4.78 is 12.0. The Hall–Kier alpha value is -3.95. The zero-order chi connectivity index (χ0) is 21.8. The minimum absolute atomic E-state index is 0.207. The number of rotatable bonds is 7. The van der Waals surface area contributed by atoms with Crippen molar-refractivity contribution in [1.82, 2.24) is 0 Å². The molecule has 0 spiro atoms. The molecule has 1 aromatic heterocycles. The van der Waals surface area contributed by atoms with Crippen LogP contribution in [0.1, 0.15) is 31.2 Å². The van der Waals surface area contributed by atoms with Crippen LogP contribution in [0.25, 0.3) is 10.1 Å². The van der Waals surface area contributed by atoms with Crippen molar-refractivity contribution in [1.29, 1.82) is 5.26 Å².